The van der Waals surface area contributed by atoms with Gasteiger partial charge in [-0.3, -0.25) is 4.31 Å². The molecule has 1 aliphatic rings. The Labute approximate surface area is 128 Å². The molecule has 0 saturated heterocycles. The van der Waals surface area contributed by atoms with E-state index in [1.54, 1.807) is 11.4 Å². The maximum Gasteiger partial charge on any atom is 0.273 e. The van der Waals surface area contributed by atoms with Crippen LogP contribution in [0.5, 0.6) is 0 Å². The van der Waals surface area contributed by atoms with E-state index in [2.05, 4.69) is 4.90 Å². The van der Waals surface area contributed by atoms with Crippen molar-refractivity contribution in [1.82, 2.24) is 0 Å². The van der Waals surface area contributed by atoms with Gasteiger partial charge in [-0.05, 0) is 29.1 Å². The van der Waals surface area contributed by atoms with E-state index in [9.17, 15) is 8.42 Å². The Hall–Kier alpha value is -1.57. The van der Waals surface area contributed by atoms with Crippen molar-refractivity contribution >= 4 is 32.7 Å². The van der Waals surface area contributed by atoms with Crippen molar-refractivity contribution in [2.24, 2.45) is 0 Å². The number of nitrogens with zero attached hydrogens (tertiary/aromatic N) is 2. The Bertz CT molecular complexity index is 755. The first-order chi connectivity index (χ1) is 10.0. The fourth-order valence-corrected chi connectivity index (χ4v) is 5.19. The number of aliphatic hydroxyl groups excluding tert-OH is 1. The number of likely N-dealkylation sites (N-methyl/N-ethyl adjacent to an activating group) is 1. The third-order valence-electron chi connectivity index (χ3n) is 3.56. The minimum absolute atomic E-state index is 0.147. The van der Waals surface area contributed by atoms with Gasteiger partial charge in [0.05, 0.1) is 24.5 Å². The molecule has 3 rings (SSSR count). The summed E-state index contributed by atoms with van der Waals surface area (Å²) in [6.07, 6.45) is 0. The zero-order valence-electron chi connectivity index (χ0n) is 11.6. The monoisotopic (exact) mass is 324 g/mol. The third kappa shape index (κ3) is 2.41. The molecule has 1 aliphatic heterocycles. The predicted molar refractivity (Wildman–Crippen MR) is 84.5 cm³/mol. The number of benzene rings is 1. The van der Waals surface area contributed by atoms with Gasteiger partial charge in [0.25, 0.3) is 10.0 Å². The van der Waals surface area contributed by atoms with Crippen molar-refractivity contribution in [1.29, 1.82) is 0 Å². The standard InChI is InChI=1S/C14H16N2O3S2/c1-15-6-7-16(13-5-3-2-4-12(13)15)21(18,19)14-8-11(9-17)10-20-14/h2-5,8,10,17H,6-7,9H2,1H3. The van der Waals surface area contributed by atoms with Crippen LogP contribution in [0.4, 0.5) is 11.4 Å². The predicted octanol–water partition coefficient (Wildman–Crippen LogP) is 1.89. The molecule has 0 unspecified atom stereocenters. The van der Waals surface area contributed by atoms with Crippen molar-refractivity contribution in [2.45, 2.75) is 10.8 Å². The van der Waals surface area contributed by atoms with E-state index < -0.39 is 10.0 Å². The highest BCUT2D eigenvalue weighted by atomic mass is 32.2. The van der Waals surface area contributed by atoms with Crippen molar-refractivity contribution in [3.63, 3.8) is 0 Å². The molecule has 1 aromatic heterocycles. The lowest BCUT2D eigenvalue weighted by atomic mass is 10.2. The van der Waals surface area contributed by atoms with Gasteiger partial charge in [0.15, 0.2) is 0 Å². The Morgan fingerprint density at radius 3 is 2.62 bits per heavy atom. The van der Waals surface area contributed by atoms with E-state index in [-0.39, 0.29) is 10.8 Å². The summed E-state index contributed by atoms with van der Waals surface area (Å²) in [7, 11) is -1.62. The molecule has 1 N–H and O–H groups in total. The molecule has 2 heterocycles. The normalized spacial score (nSPS) is 15.1. The summed E-state index contributed by atoms with van der Waals surface area (Å²) >= 11 is 1.15. The van der Waals surface area contributed by atoms with E-state index in [1.165, 1.54) is 4.31 Å². The Morgan fingerprint density at radius 2 is 1.95 bits per heavy atom. The van der Waals surface area contributed by atoms with Crippen LogP contribution in [0.2, 0.25) is 0 Å². The van der Waals surface area contributed by atoms with E-state index in [4.69, 9.17) is 5.11 Å². The van der Waals surface area contributed by atoms with Gasteiger partial charge in [-0.25, -0.2) is 8.42 Å². The van der Waals surface area contributed by atoms with Crippen LogP contribution in [0.25, 0.3) is 0 Å². The number of rotatable bonds is 3. The van der Waals surface area contributed by atoms with Gasteiger partial charge in [-0.2, -0.15) is 0 Å². The number of sulfonamides is 1. The molecule has 7 heteroatoms. The van der Waals surface area contributed by atoms with E-state index in [1.807, 2.05) is 31.3 Å². The Kier molecular flexibility index (Phi) is 3.64. The van der Waals surface area contributed by atoms with Crippen LogP contribution >= 0.6 is 11.3 Å². The first kappa shape index (κ1) is 14.4. The lowest BCUT2D eigenvalue weighted by Gasteiger charge is -2.35. The number of aliphatic hydroxyl groups is 1. The number of para-hydroxylation sites is 2. The van der Waals surface area contributed by atoms with Crippen molar-refractivity contribution < 1.29 is 13.5 Å². The van der Waals surface area contributed by atoms with Gasteiger partial charge in [0, 0.05) is 13.6 Å². The first-order valence-electron chi connectivity index (χ1n) is 6.55. The van der Waals surface area contributed by atoms with Gasteiger partial charge >= 0.3 is 0 Å². The number of anilines is 2. The van der Waals surface area contributed by atoms with Gasteiger partial charge in [0.2, 0.25) is 0 Å². The summed E-state index contributed by atoms with van der Waals surface area (Å²) in [4.78, 5) is 2.05. The molecule has 0 aliphatic carbocycles. The second-order valence-electron chi connectivity index (χ2n) is 4.92. The molecule has 21 heavy (non-hydrogen) atoms. The highest BCUT2D eigenvalue weighted by Gasteiger charge is 2.31. The van der Waals surface area contributed by atoms with Crippen LogP contribution < -0.4 is 9.21 Å². The molecule has 0 bridgehead atoms. The Morgan fingerprint density at radius 1 is 1.24 bits per heavy atom. The largest absolute Gasteiger partial charge is 0.392 e. The topological polar surface area (TPSA) is 60.9 Å². The Balaban J connectivity index is 2.06. The number of fused-ring (bicyclic) bond motifs is 1. The zero-order chi connectivity index (χ0) is 15.0. The molecule has 0 spiro atoms. The highest BCUT2D eigenvalue weighted by Crippen LogP contribution is 2.36. The fourth-order valence-electron chi connectivity index (χ4n) is 2.41. The molecule has 2 aromatic rings. The number of hydrogen-bond acceptors (Lipinski definition) is 5. The molecular formula is C14H16N2O3S2. The fraction of sp³-hybridized carbons (Fsp3) is 0.286. The molecule has 112 valence electrons. The van der Waals surface area contributed by atoms with Crippen LogP contribution in [0.3, 0.4) is 0 Å². The van der Waals surface area contributed by atoms with E-state index in [0.717, 1.165) is 17.0 Å². The third-order valence-corrected chi connectivity index (χ3v) is 6.83. The molecule has 0 atom stereocenters. The first-order valence-corrected chi connectivity index (χ1v) is 8.87. The second kappa shape index (κ2) is 5.32. The number of thiophene rings is 1. The summed E-state index contributed by atoms with van der Waals surface area (Å²) in [5.74, 6) is 0. The van der Waals surface area contributed by atoms with Gasteiger partial charge in [-0.15, -0.1) is 11.3 Å². The molecular weight excluding hydrogens is 308 g/mol. The zero-order valence-corrected chi connectivity index (χ0v) is 13.2. The van der Waals surface area contributed by atoms with Crippen LogP contribution in [-0.2, 0) is 16.6 Å². The smallest absolute Gasteiger partial charge is 0.273 e. The van der Waals surface area contributed by atoms with Gasteiger partial charge < -0.3 is 10.0 Å². The van der Waals surface area contributed by atoms with Crippen LogP contribution in [0, 0.1) is 0 Å². The van der Waals surface area contributed by atoms with Gasteiger partial charge in [-0.1, -0.05) is 12.1 Å². The van der Waals surface area contributed by atoms with Crippen molar-refractivity contribution in [2.75, 3.05) is 29.3 Å². The van der Waals surface area contributed by atoms with Crippen LogP contribution in [-0.4, -0.2) is 33.7 Å². The van der Waals surface area contributed by atoms with Gasteiger partial charge in [0.1, 0.15) is 4.21 Å². The maximum absolute atomic E-state index is 12.8. The van der Waals surface area contributed by atoms with E-state index in [0.29, 0.717) is 24.3 Å². The second-order valence-corrected chi connectivity index (χ2v) is 7.92. The minimum atomic E-state index is -3.57. The van der Waals surface area contributed by atoms with Crippen LogP contribution in [0.1, 0.15) is 5.56 Å². The summed E-state index contributed by atoms with van der Waals surface area (Å²) in [5.41, 5.74) is 2.23. The average molecular weight is 324 g/mol. The summed E-state index contributed by atoms with van der Waals surface area (Å²) in [6.45, 7) is 0.919. The SMILES string of the molecule is CN1CCN(S(=O)(=O)c2cc(CO)cs2)c2ccccc21. The molecule has 5 nitrogen and oxygen atoms in total. The summed E-state index contributed by atoms with van der Waals surface area (Å²) in [6, 6.07) is 9.03. The maximum atomic E-state index is 12.8. The summed E-state index contributed by atoms with van der Waals surface area (Å²) in [5, 5.41) is 10.8. The lowest BCUT2D eigenvalue weighted by molar-refractivity contribution is 0.282. The van der Waals surface area contributed by atoms with Crippen molar-refractivity contribution in [3.8, 4) is 0 Å². The van der Waals surface area contributed by atoms with Crippen LogP contribution in [0.15, 0.2) is 39.9 Å². The average Bonchev–Trinajstić information content (AvgIpc) is 2.97. The lowest BCUT2D eigenvalue weighted by Crippen LogP contribution is -2.42. The molecule has 0 radical (unpaired) electrons. The van der Waals surface area contributed by atoms with Crippen molar-refractivity contribution in [3.05, 3.63) is 41.3 Å². The summed E-state index contributed by atoms with van der Waals surface area (Å²) < 4.78 is 27.4. The molecule has 0 saturated carbocycles. The molecule has 0 fully saturated rings. The number of hydrogen-bond donors (Lipinski definition) is 1. The highest BCUT2D eigenvalue weighted by molar-refractivity contribution is 7.94. The quantitative estimate of drug-likeness (QED) is 0.936. The molecule has 0 amide bonds. The minimum Gasteiger partial charge on any atom is -0.392 e. The van der Waals surface area contributed by atoms with E-state index >= 15 is 0 Å². The molecule has 1 aromatic carbocycles.